The molecular weight excluding hydrogens is 166 g/mol. The first-order chi connectivity index (χ1) is 6.13. The molecule has 0 fully saturated rings. The number of aryl methyl sites for hydroxylation is 1. The minimum absolute atomic E-state index is 0.103. The van der Waals surface area contributed by atoms with Crippen molar-refractivity contribution >= 4 is 5.91 Å². The number of amides is 1. The number of hydrogen-bond donors (Lipinski definition) is 0. The zero-order valence-electron chi connectivity index (χ0n) is 7.91. The zero-order chi connectivity index (χ0) is 9.84. The normalized spacial score (nSPS) is 9.69. The summed E-state index contributed by atoms with van der Waals surface area (Å²) in [6, 6.07) is 3.74. The van der Waals surface area contributed by atoms with Crippen LogP contribution in [0.25, 0.3) is 0 Å². The van der Waals surface area contributed by atoms with E-state index < -0.39 is 0 Å². The van der Waals surface area contributed by atoms with Crippen LogP contribution < -0.4 is 0 Å². The second-order valence-electron chi connectivity index (χ2n) is 2.91. The SMILES string of the molecule is C=CC(=O)N(C)Cc1ccc(C)o1. The van der Waals surface area contributed by atoms with E-state index in [1.165, 1.54) is 6.08 Å². The van der Waals surface area contributed by atoms with Crippen molar-refractivity contribution in [2.45, 2.75) is 13.5 Å². The number of rotatable bonds is 3. The van der Waals surface area contributed by atoms with Crippen molar-refractivity contribution in [2.75, 3.05) is 7.05 Å². The Kier molecular flexibility index (Phi) is 2.90. The summed E-state index contributed by atoms with van der Waals surface area (Å²) in [5, 5.41) is 0. The fourth-order valence-corrected chi connectivity index (χ4v) is 1.04. The minimum atomic E-state index is -0.103. The maximum Gasteiger partial charge on any atom is 0.246 e. The molecule has 0 aromatic carbocycles. The van der Waals surface area contributed by atoms with Gasteiger partial charge >= 0.3 is 0 Å². The molecular formula is C10H13NO2. The fraction of sp³-hybridized carbons (Fsp3) is 0.300. The van der Waals surface area contributed by atoms with Crippen LogP contribution in [0, 0.1) is 6.92 Å². The van der Waals surface area contributed by atoms with E-state index in [4.69, 9.17) is 4.42 Å². The van der Waals surface area contributed by atoms with Crippen LogP contribution in [0.4, 0.5) is 0 Å². The lowest BCUT2D eigenvalue weighted by atomic mass is 10.4. The predicted octanol–water partition coefficient (Wildman–Crippen LogP) is 1.73. The Balaban J connectivity index is 2.59. The molecule has 0 saturated heterocycles. The number of carbonyl (C=O) groups is 1. The topological polar surface area (TPSA) is 33.5 Å². The first-order valence-corrected chi connectivity index (χ1v) is 4.06. The van der Waals surface area contributed by atoms with E-state index in [2.05, 4.69) is 6.58 Å². The van der Waals surface area contributed by atoms with E-state index in [9.17, 15) is 4.79 Å². The standard InChI is InChI=1S/C10H13NO2/c1-4-10(12)11(3)7-9-6-5-8(2)13-9/h4-6H,1,7H2,2-3H3. The van der Waals surface area contributed by atoms with Crippen LogP contribution in [0.2, 0.25) is 0 Å². The monoisotopic (exact) mass is 179 g/mol. The molecule has 0 unspecified atom stereocenters. The third kappa shape index (κ3) is 2.47. The lowest BCUT2D eigenvalue weighted by Crippen LogP contribution is -2.23. The molecule has 1 heterocycles. The van der Waals surface area contributed by atoms with Crippen molar-refractivity contribution in [3.63, 3.8) is 0 Å². The van der Waals surface area contributed by atoms with Crippen LogP contribution in [-0.2, 0) is 11.3 Å². The average Bonchev–Trinajstić information content (AvgIpc) is 2.49. The van der Waals surface area contributed by atoms with E-state index in [0.29, 0.717) is 6.54 Å². The number of nitrogens with zero attached hydrogens (tertiary/aromatic N) is 1. The molecule has 0 atom stereocenters. The Hall–Kier alpha value is -1.51. The van der Waals surface area contributed by atoms with Gasteiger partial charge in [-0.2, -0.15) is 0 Å². The predicted molar refractivity (Wildman–Crippen MR) is 50.1 cm³/mol. The third-order valence-corrected chi connectivity index (χ3v) is 1.74. The summed E-state index contributed by atoms with van der Waals surface area (Å²) in [6.45, 7) is 5.77. The van der Waals surface area contributed by atoms with Gasteiger partial charge in [0.15, 0.2) is 0 Å². The first kappa shape index (κ1) is 9.58. The van der Waals surface area contributed by atoms with Gasteiger partial charge in [-0.05, 0) is 25.1 Å². The van der Waals surface area contributed by atoms with Gasteiger partial charge in [0, 0.05) is 7.05 Å². The molecule has 1 amide bonds. The van der Waals surface area contributed by atoms with Crippen molar-refractivity contribution in [1.82, 2.24) is 4.90 Å². The number of likely N-dealkylation sites (N-methyl/N-ethyl adjacent to an activating group) is 1. The summed E-state index contributed by atoms with van der Waals surface area (Å²) in [5.41, 5.74) is 0. The first-order valence-electron chi connectivity index (χ1n) is 4.06. The molecule has 13 heavy (non-hydrogen) atoms. The molecule has 0 radical (unpaired) electrons. The van der Waals surface area contributed by atoms with Gasteiger partial charge < -0.3 is 9.32 Å². The zero-order valence-corrected chi connectivity index (χ0v) is 7.91. The van der Waals surface area contributed by atoms with Gasteiger partial charge in [0.1, 0.15) is 11.5 Å². The smallest absolute Gasteiger partial charge is 0.246 e. The Labute approximate surface area is 77.6 Å². The van der Waals surface area contributed by atoms with Gasteiger partial charge in [-0.1, -0.05) is 6.58 Å². The van der Waals surface area contributed by atoms with Crippen molar-refractivity contribution in [3.8, 4) is 0 Å². The second kappa shape index (κ2) is 3.94. The summed E-state index contributed by atoms with van der Waals surface area (Å²) in [6.07, 6.45) is 1.29. The van der Waals surface area contributed by atoms with Crippen LogP contribution >= 0.6 is 0 Å². The Morgan fingerprint density at radius 1 is 1.69 bits per heavy atom. The molecule has 3 heteroatoms. The van der Waals surface area contributed by atoms with E-state index >= 15 is 0 Å². The van der Waals surface area contributed by atoms with E-state index in [-0.39, 0.29) is 5.91 Å². The number of carbonyl (C=O) groups excluding carboxylic acids is 1. The third-order valence-electron chi connectivity index (χ3n) is 1.74. The molecule has 0 saturated carbocycles. The largest absolute Gasteiger partial charge is 0.464 e. The summed E-state index contributed by atoms with van der Waals surface area (Å²) in [4.78, 5) is 12.6. The van der Waals surface area contributed by atoms with Gasteiger partial charge in [0.05, 0.1) is 6.54 Å². The Morgan fingerprint density at radius 3 is 2.85 bits per heavy atom. The van der Waals surface area contributed by atoms with Gasteiger partial charge in [-0.15, -0.1) is 0 Å². The number of hydrogen-bond acceptors (Lipinski definition) is 2. The quantitative estimate of drug-likeness (QED) is 0.662. The highest BCUT2D eigenvalue weighted by atomic mass is 16.3. The molecule has 0 bridgehead atoms. The second-order valence-corrected chi connectivity index (χ2v) is 2.91. The Bertz CT molecular complexity index is 314. The fourth-order valence-electron chi connectivity index (χ4n) is 1.04. The summed E-state index contributed by atoms with van der Waals surface area (Å²) >= 11 is 0. The highest BCUT2D eigenvalue weighted by molar-refractivity contribution is 5.86. The van der Waals surface area contributed by atoms with Crippen LogP contribution in [0.3, 0.4) is 0 Å². The summed E-state index contributed by atoms with van der Waals surface area (Å²) in [7, 11) is 1.71. The summed E-state index contributed by atoms with van der Waals surface area (Å²) < 4.78 is 5.32. The molecule has 1 rings (SSSR count). The van der Waals surface area contributed by atoms with Crippen LogP contribution in [0.5, 0.6) is 0 Å². The van der Waals surface area contributed by atoms with Gasteiger partial charge in [0.2, 0.25) is 5.91 Å². The molecule has 0 aliphatic rings. The van der Waals surface area contributed by atoms with E-state index in [1.54, 1.807) is 11.9 Å². The molecule has 70 valence electrons. The molecule has 0 N–H and O–H groups in total. The van der Waals surface area contributed by atoms with Gasteiger partial charge in [-0.3, -0.25) is 4.79 Å². The molecule has 0 aliphatic heterocycles. The van der Waals surface area contributed by atoms with Crippen molar-refractivity contribution in [2.24, 2.45) is 0 Å². The van der Waals surface area contributed by atoms with Crippen LogP contribution in [-0.4, -0.2) is 17.9 Å². The highest BCUT2D eigenvalue weighted by Gasteiger charge is 2.06. The van der Waals surface area contributed by atoms with Crippen molar-refractivity contribution in [3.05, 3.63) is 36.3 Å². The number of furan rings is 1. The maximum atomic E-state index is 11.1. The van der Waals surface area contributed by atoms with Crippen LogP contribution in [0.1, 0.15) is 11.5 Å². The molecule has 1 aromatic heterocycles. The van der Waals surface area contributed by atoms with E-state index in [1.807, 2.05) is 19.1 Å². The molecule has 0 spiro atoms. The highest BCUT2D eigenvalue weighted by Crippen LogP contribution is 2.08. The lowest BCUT2D eigenvalue weighted by molar-refractivity contribution is -0.125. The Morgan fingerprint density at radius 2 is 2.38 bits per heavy atom. The van der Waals surface area contributed by atoms with Crippen molar-refractivity contribution < 1.29 is 9.21 Å². The maximum absolute atomic E-state index is 11.1. The average molecular weight is 179 g/mol. The molecule has 0 aliphatic carbocycles. The van der Waals surface area contributed by atoms with Gasteiger partial charge in [0.25, 0.3) is 0 Å². The lowest BCUT2D eigenvalue weighted by Gasteiger charge is -2.12. The summed E-state index contributed by atoms with van der Waals surface area (Å²) in [5.74, 6) is 1.54. The molecule has 3 nitrogen and oxygen atoms in total. The minimum Gasteiger partial charge on any atom is -0.464 e. The van der Waals surface area contributed by atoms with E-state index in [0.717, 1.165) is 11.5 Å². The van der Waals surface area contributed by atoms with Gasteiger partial charge in [-0.25, -0.2) is 0 Å². The van der Waals surface area contributed by atoms with Crippen molar-refractivity contribution in [1.29, 1.82) is 0 Å². The molecule has 1 aromatic rings. The van der Waals surface area contributed by atoms with Crippen LogP contribution in [0.15, 0.2) is 29.2 Å².